The number of methoxy groups -OCH3 is 3. The molecule has 26 heavy (non-hydrogen) atoms. The molecule has 3 rings (SSSR count). The van der Waals surface area contributed by atoms with Crippen LogP contribution in [0.2, 0.25) is 0 Å². The first-order valence-corrected chi connectivity index (χ1v) is 8.13. The minimum absolute atomic E-state index is 0.195. The van der Waals surface area contributed by atoms with E-state index in [1.54, 1.807) is 43.5 Å². The number of rotatable bonds is 6. The number of carbonyl (C=O) groups excluding carboxylic acids is 1. The average molecular weight is 356 g/mol. The third-order valence-corrected chi connectivity index (χ3v) is 3.97. The zero-order chi connectivity index (χ0) is 18.7. The zero-order valence-corrected chi connectivity index (χ0v) is 15.1. The predicted molar refractivity (Wildman–Crippen MR) is 96.6 cm³/mol. The second-order valence-corrected chi connectivity index (χ2v) is 5.45. The van der Waals surface area contributed by atoms with Crippen LogP contribution in [0, 0.1) is 0 Å². The van der Waals surface area contributed by atoms with Crippen molar-refractivity contribution in [3.05, 3.63) is 47.2 Å². The van der Waals surface area contributed by atoms with Crippen LogP contribution in [0.25, 0.3) is 6.08 Å². The summed E-state index contributed by atoms with van der Waals surface area (Å²) in [7, 11) is 4.60. The van der Waals surface area contributed by atoms with Crippen molar-refractivity contribution in [1.29, 1.82) is 0 Å². The normalized spacial score (nSPS) is 14.0. The van der Waals surface area contributed by atoms with Gasteiger partial charge in [0.05, 0.1) is 33.5 Å². The summed E-state index contributed by atoms with van der Waals surface area (Å²) in [4.78, 5) is 12.6. The van der Waals surface area contributed by atoms with Crippen molar-refractivity contribution in [3.8, 4) is 28.7 Å². The third-order valence-electron chi connectivity index (χ3n) is 3.97. The van der Waals surface area contributed by atoms with Gasteiger partial charge in [-0.1, -0.05) is 0 Å². The molecular formula is C20H20O6. The molecule has 0 atom stereocenters. The Morgan fingerprint density at radius 1 is 1.00 bits per heavy atom. The molecule has 0 saturated heterocycles. The van der Waals surface area contributed by atoms with E-state index >= 15 is 0 Å². The molecule has 0 fully saturated rings. The first-order chi connectivity index (χ1) is 12.6. The predicted octanol–water partition coefficient (Wildman–Crippen LogP) is 3.73. The van der Waals surface area contributed by atoms with Gasteiger partial charge in [-0.15, -0.1) is 0 Å². The van der Waals surface area contributed by atoms with Gasteiger partial charge in [0, 0.05) is 11.6 Å². The number of allylic oxidation sites excluding steroid dienone is 1. The topological polar surface area (TPSA) is 63.2 Å². The van der Waals surface area contributed by atoms with Gasteiger partial charge in [0.1, 0.15) is 11.5 Å². The van der Waals surface area contributed by atoms with Crippen molar-refractivity contribution in [2.45, 2.75) is 6.92 Å². The van der Waals surface area contributed by atoms with Gasteiger partial charge in [0.25, 0.3) is 0 Å². The number of ketones is 1. The van der Waals surface area contributed by atoms with E-state index in [1.165, 1.54) is 14.2 Å². The summed E-state index contributed by atoms with van der Waals surface area (Å²) in [6.45, 7) is 2.44. The van der Waals surface area contributed by atoms with Gasteiger partial charge in [-0.3, -0.25) is 4.79 Å². The van der Waals surface area contributed by atoms with Crippen LogP contribution in [0.1, 0.15) is 22.8 Å². The molecule has 0 N–H and O–H groups in total. The number of Topliss-reactive ketones (excluding diaryl/α,β-unsaturated/α-hetero) is 1. The fourth-order valence-corrected chi connectivity index (χ4v) is 2.80. The van der Waals surface area contributed by atoms with Gasteiger partial charge in [-0.05, 0) is 37.3 Å². The number of hydrogen-bond donors (Lipinski definition) is 0. The maximum Gasteiger partial charge on any atom is 0.231 e. The van der Waals surface area contributed by atoms with Crippen molar-refractivity contribution in [1.82, 2.24) is 0 Å². The molecule has 0 saturated carbocycles. The van der Waals surface area contributed by atoms with E-state index in [4.69, 9.17) is 23.7 Å². The molecule has 0 aliphatic carbocycles. The lowest BCUT2D eigenvalue weighted by Gasteiger charge is -2.14. The van der Waals surface area contributed by atoms with Crippen LogP contribution < -0.4 is 23.7 Å². The Kier molecular flexibility index (Phi) is 5.02. The Balaban J connectivity index is 2.00. The van der Waals surface area contributed by atoms with E-state index in [1.807, 2.05) is 6.92 Å². The quantitative estimate of drug-likeness (QED) is 0.735. The van der Waals surface area contributed by atoms with E-state index in [0.717, 1.165) is 0 Å². The molecular weight excluding hydrogens is 336 g/mol. The monoisotopic (exact) mass is 356 g/mol. The lowest BCUT2D eigenvalue weighted by atomic mass is 10.1. The van der Waals surface area contributed by atoms with Gasteiger partial charge >= 0.3 is 0 Å². The van der Waals surface area contributed by atoms with Gasteiger partial charge in [0.2, 0.25) is 11.5 Å². The van der Waals surface area contributed by atoms with Gasteiger partial charge in [-0.25, -0.2) is 0 Å². The van der Waals surface area contributed by atoms with Crippen LogP contribution in [0.15, 0.2) is 36.1 Å². The zero-order valence-electron chi connectivity index (χ0n) is 15.1. The van der Waals surface area contributed by atoms with Crippen molar-refractivity contribution in [2.75, 3.05) is 27.9 Å². The minimum Gasteiger partial charge on any atom is -0.494 e. The minimum atomic E-state index is -0.195. The molecule has 6 nitrogen and oxygen atoms in total. The summed E-state index contributed by atoms with van der Waals surface area (Å²) >= 11 is 0. The Hall–Kier alpha value is -3.15. The summed E-state index contributed by atoms with van der Waals surface area (Å²) in [6, 6.07) is 8.69. The Morgan fingerprint density at radius 3 is 2.42 bits per heavy atom. The van der Waals surface area contributed by atoms with Crippen LogP contribution in [-0.4, -0.2) is 33.7 Å². The number of carbonyl (C=O) groups is 1. The van der Waals surface area contributed by atoms with Crippen molar-refractivity contribution in [3.63, 3.8) is 0 Å². The van der Waals surface area contributed by atoms with Crippen LogP contribution >= 0.6 is 0 Å². The maximum absolute atomic E-state index is 12.6. The molecule has 2 aromatic rings. The third kappa shape index (κ3) is 3.06. The number of fused-ring (bicyclic) bond motifs is 1. The molecule has 0 unspecified atom stereocenters. The number of benzene rings is 2. The lowest BCUT2D eigenvalue weighted by molar-refractivity contribution is 0.101. The molecule has 1 aliphatic rings. The summed E-state index contributed by atoms with van der Waals surface area (Å²) in [6.07, 6.45) is 1.63. The second-order valence-electron chi connectivity index (χ2n) is 5.45. The molecule has 1 aliphatic heterocycles. The van der Waals surface area contributed by atoms with Crippen molar-refractivity contribution in [2.24, 2.45) is 0 Å². The van der Waals surface area contributed by atoms with Crippen molar-refractivity contribution >= 4 is 11.9 Å². The molecule has 0 bridgehead atoms. The fraction of sp³-hybridized carbons (Fsp3) is 0.250. The summed E-state index contributed by atoms with van der Waals surface area (Å²) in [5, 5.41) is 0. The molecule has 2 aromatic carbocycles. The van der Waals surface area contributed by atoms with Crippen LogP contribution in [0.3, 0.4) is 0 Å². The summed E-state index contributed by atoms with van der Waals surface area (Å²) in [5.74, 6) is 2.59. The Labute approximate surface area is 151 Å². The smallest absolute Gasteiger partial charge is 0.231 e. The van der Waals surface area contributed by atoms with Crippen LogP contribution in [-0.2, 0) is 0 Å². The van der Waals surface area contributed by atoms with Gasteiger partial charge < -0.3 is 23.7 Å². The second kappa shape index (κ2) is 7.39. The van der Waals surface area contributed by atoms with E-state index in [0.29, 0.717) is 46.5 Å². The molecule has 0 radical (unpaired) electrons. The standard InChI is InChI=1S/C20H20O6/c1-5-25-13-7-8-14-16(11-13)26-17(18(14)21)10-12-6-9-15(22-2)20(24-4)19(12)23-3/h6-11H,5H2,1-4H3/b17-10-. The SMILES string of the molecule is CCOc1ccc2c(c1)O/C(=C\c1ccc(OC)c(OC)c1OC)C2=O. The molecule has 0 spiro atoms. The lowest BCUT2D eigenvalue weighted by Crippen LogP contribution is -2.00. The molecule has 1 heterocycles. The number of hydrogen-bond acceptors (Lipinski definition) is 6. The molecule has 136 valence electrons. The average Bonchev–Trinajstić information content (AvgIpc) is 2.96. The van der Waals surface area contributed by atoms with E-state index in [-0.39, 0.29) is 11.5 Å². The summed E-state index contributed by atoms with van der Waals surface area (Å²) < 4.78 is 27.3. The Bertz CT molecular complexity index is 869. The van der Waals surface area contributed by atoms with E-state index in [9.17, 15) is 4.79 Å². The summed E-state index contributed by atoms with van der Waals surface area (Å²) in [5.41, 5.74) is 1.14. The first kappa shape index (κ1) is 17.7. The first-order valence-electron chi connectivity index (χ1n) is 8.13. The van der Waals surface area contributed by atoms with E-state index < -0.39 is 0 Å². The maximum atomic E-state index is 12.6. The highest BCUT2D eigenvalue weighted by atomic mass is 16.5. The molecule has 0 aromatic heterocycles. The highest BCUT2D eigenvalue weighted by Crippen LogP contribution is 2.42. The van der Waals surface area contributed by atoms with Crippen LogP contribution in [0.5, 0.6) is 28.7 Å². The highest BCUT2D eigenvalue weighted by molar-refractivity contribution is 6.14. The van der Waals surface area contributed by atoms with Gasteiger partial charge in [-0.2, -0.15) is 0 Å². The van der Waals surface area contributed by atoms with Crippen molar-refractivity contribution < 1.29 is 28.5 Å². The molecule has 0 amide bonds. The van der Waals surface area contributed by atoms with E-state index in [2.05, 4.69) is 0 Å². The number of ether oxygens (including phenoxy) is 5. The van der Waals surface area contributed by atoms with Gasteiger partial charge in [0.15, 0.2) is 17.3 Å². The largest absolute Gasteiger partial charge is 0.494 e. The highest BCUT2D eigenvalue weighted by Gasteiger charge is 2.28. The Morgan fingerprint density at radius 2 is 1.77 bits per heavy atom. The fourth-order valence-electron chi connectivity index (χ4n) is 2.80. The molecule has 6 heteroatoms. The van der Waals surface area contributed by atoms with Crippen LogP contribution in [0.4, 0.5) is 0 Å².